The minimum absolute atomic E-state index is 0.00122. The number of anilines is 1. The number of aryl methyl sites for hydroxylation is 2. The second kappa shape index (κ2) is 10.4. The third-order valence-electron chi connectivity index (χ3n) is 6.87. The zero-order chi connectivity index (χ0) is 27.8. The van der Waals surface area contributed by atoms with E-state index < -0.39 is 17.7 Å². The van der Waals surface area contributed by atoms with Crippen molar-refractivity contribution in [3.63, 3.8) is 0 Å². The van der Waals surface area contributed by atoms with E-state index in [9.17, 15) is 14.7 Å². The highest BCUT2D eigenvalue weighted by Crippen LogP contribution is 2.45. The van der Waals surface area contributed by atoms with Crippen molar-refractivity contribution in [3.05, 3.63) is 125 Å². The van der Waals surface area contributed by atoms with Gasteiger partial charge in [0.05, 0.1) is 21.8 Å². The topological polar surface area (TPSA) is 92.6 Å². The average Bonchev–Trinajstić information content (AvgIpc) is 3.51. The normalized spacial score (nSPS) is 16.6. The van der Waals surface area contributed by atoms with Crippen LogP contribution in [0, 0.1) is 13.8 Å². The SMILES string of the molecule is Cc1cc(C)c2nc(N3C(=O)C(=O)C(=C(O)c4ccncc4)C3c3ccc(OCc4ccccc4)cc3)sc2c1. The number of carbonyl (C=O) groups excluding carboxylic acids is 2. The van der Waals surface area contributed by atoms with Crippen molar-refractivity contribution in [2.24, 2.45) is 0 Å². The van der Waals surface area contributed by atoms with Crippen LogP contribution in [0.15, 0.2) is 96.8 Å². The van der Waals surface area contributed by atoms with Crippen LogP contribution in [0.5, 0.6) is 5.75 Å². The number of Topliss-reactive ketones (excluding diaryl/α,β-unsaturated/α-hetero) is 1. The first kappa shape index (κ1) is 25.5. The minimum Gasteiger partial charge on any atom is -0.507 e. The number of nitrogens with zero attached hydrogens (tertiary/aromatic N) is 3. The minimum atomic E-state index is -0.877. The van der Waals surface area contributed by atoms with Gasteiger partial charge in [0.1, 0.15) is 18.1 Å². The summed E-state index contributed by atoms with van der Waals surface area (Å²) in [5, 5.41) is 11.7. The van der Waals surface area contributed by atoms with E-state index in [-0.39, 0.29) is 11.3 Å². The highest BCUT2D eigenvalue weighted by atomic mass is 32.1. The van der Waals surface area contributed by atoms with E-state index in [0.717, 1.165) is 26.9 Å². The first-order chi connectivity index (χ1) is 19.4. The number of aliphatic hydroxyl groups is 1. The summed E-state index contributed by atoms with van der Waals surface area (Å²) in [6.45, 7) is 4.39. The van der Waals surface area contributed by atoms with Crippen molar-refractivity contribution in [1.29, 1.82) is 0 Å². The molecule has 3 aromatic carbocycles. The number of amides is 1. The predicted octanol–water partition coefficient (Wildman–Crippen LogP) is 6.51. The van der Waals surface area contributed by atoms with Gasteiger partial charge < -0.3 is 9.84 Å². The molecule has 0 bridgehead atoms. The molecular weight excluding hydrogens is 522 g/mol. The number of hydrogen-bond donors (Lipinski definition) is 1. The number of rotatable bonds is 6. The summed E-state index contributed by atoms with van der Waals surface area (Å²) in [5.41, 5.74) is 4.94. The lowest BCUT2D eigenvalue weighted by atomic mass is 9.95. The maximum absolute atomic E-state index is 13.6. The highest BCUT2D eigenvalue weighted by Gasteiger charge is 2.48. The summed E-state index contributed by atoms with van der Waals surface area (Å²) in [7, 11) is 0. The Morgan fingerprint density at radius 2 is 1.70 bits per heavy atom. The second-order valence-electron chi connectivity index (χ2n) is 9.67. The second-order valence-corrected chi connectivity index (χ2v) is 10.7. The fourth-order valence-electron chi connectivity index (χ4n) is 4.96. The van der Waals surface area contributed by atoms with Crippen LogP contribution in [-0.4, -0.2) is 26.8 Å². The largest absolute Gasteiger partial charge is 0.507 e. The molecule has 1 N–H and O–H groups in total. The Balaban J connectivity index is 1.44. The van der Waals surface area contributed by atoms with Gasteiger partial charge in [-0.2, -0.15) is 0 Å². The molecule has 5 aromatic rings. The molecule has 0 saturated carbocycles. The number of aromatic nitrogens is 2. The number of aliphatic hydroxyl groups excluding tert-OH is 1. The quantitative estimate of drug-likeness (QED) is 0.148. The van der Waals surface area contributed by atoms with Crippen molar-refractivity contribution >= 4 is 44.1 Å². The van der Waals surface area contributed by atoms with E-state index in [1.54, 1.807) is 24.3 Å². The Morgan fingerprint density at radius 3 is 2.42 bits per heavy atom. The van der Waals surface area contributed by atoms with Crippen molar-refractivity contribution < 1.29 is 19.4 Å². The van der Waals surface area contributed by atoms with Crippen molar-refractivity contribution in [2.75, 3.05) is 4.90 Å². The van der Waals surface area contributed by atoms with Crippen LogP contribution in [0.1, 0.15) is 33.9 Å². The molecule has 1 fully saturated rings. The molecule has 198 valence electrons. The number of carbonyl (C=O) groups is 2. The maximum atomic E-state index is 13.6. The lowest BCUT2D eigenvalue weighted by Gasteiger charge is -2.23. The maximum Gasteiger partial charge on any atom is 0.301 e. The molecule has 0 aliphatic carbocycles. The summed E-state index contributed by atoms with van der Waals surface area (Å²) in [4.78, 5) is 37.2. The standard InChI is InChI=1S/C32H25N3O4S/c1-19-16-20(2)27-25(17-19)40-32(34-27)35-28(26(30(37)31(35)38)29(36)23-12-14-33-15-13-23)22-8-10-24(11-9-22)39-18-21-6-4-3-5-7-21/h3-17,28,36H,18H2,1-2H3. The summed E-state index contributed by atoms with van der Waals surface area (Å²) in [5.74, 6) is -1.12. The Morgan fingerprint density at radius 1 is 0.975 bits per heavy atom. The van der Waals surface area contributed by atoms with Gasteiger partial charge in [0, 0.05) is 18.0 Å². The van der Waals surface area contributed by atoms with Crippen LogP contribution < -0.4 is 9.64 Å². The van der Waals surface area contributed by atoms with Gasteiger partial charge in [-0.1, -0.05) is 59.9 Å². The van der Waals surface area contributed by atoms with Gasteiger partial charge in [-0.3, -0.25) is 19.5 Å². The van der Waals surface area contributed by atoms with E-state index in [2.05, 4.69) is 4.98 Å². The lowest BCUT2D eigenvalue weighted by molar-refractivity contribution is -0.132. The van der Waals surface area contributed by atoms with Gasteiger partial charge in [0.15, 0.2) is 5.13 Å². The number of benzene rings is 3. The highest BCUT2D eigenvalue weighted by molar-refractivity contribution is 7.22. The van der Waals surface area contributed by atoms with Crippen LogP contribution in [0.4, 0.5) is 5.13 Å². The molecular formula is C32H25N3O4S. The molecule has 0 radical (unpaired) electrons. The number of pyridine rings is 1. The number of ether oxygens (including phenoxy) is 1. The van der Waals surface area contributed by atoms with Gasteiger partial charge in [0.2, 0.25) is 0 Å². The van der Waals surface area contributed by atoms with E-state index in [0.29, 0.717) is 28.6 Å². The van der Waals surface area contributed by atoms with Crippen molar-refractivity contribution in [2.45, 2.75) is 26.5 Å². The third kappa shape index (κ3) is 4.63. The molecule has 1 atom stereocenters. The van der Waals surface area contributed by atoms with Crippen LogP contribution in [0.2, 0.25) is 0 Å². The van der Waals surface area contributed by atoms with Gasteiger partial charge in [-0.15, -0.1) is 0 Å². The fourth-order valence-corrected chi connectivity index (χ4v) is 6.13. The smallest absolute Gasteiger partial charge is 0.301 e. The summed E-state index contributed by atoms with van der Waals surface area (Å²) < 4.78 is 6.87. The Bertz CT molecular complexity index is 1760. The fraction of sp³-hybridized carbons (Fsp3) is 0.125. The van der Waals surface area contributed by atoms with Crippen LogP contribution in [0.25, 0.3) is 16.0 Å². The zero-order valence-corrected chi connectivity index (χ0v) is 22.7. The molecule has 8 heteroatoms. The molecule has 0 spiro atoms. The molecule has 3 heterocycles. The molecule has 7 nitrogen and oxygen atoms in total. The van der Waals surface area contributed by atoms with Gasteiger partial charge in [0.25, 0.3) is 5.78 Å². The summed E-state index contributed by atoms with van der Waals surface area (Å²) in [6, 6.07) is 23.5. The van der Waals surface area contributed by atoms with Crippen molar-refractivity contribution in [3.8, 4) is 5.75 Å². The van der Waals surface area contributed by atoms with Crippen LogP contribution in [0.3, 0.4) is 0 Å². The van der Waals surface area contributed by atoms with E-state index in [1.165, 1.54) is 28.6 Å². The van der Waals surface area contributed by atoms with Crippen molar-refractivity contribution in [1.82, 2.24) is 9.97 Å². The molecule has 1 amide bonds. The summed E-state index contributed by atoms with van der Waals surface area (Å²) >= 11 is 1.35. The monoisotopic (exact) mass is 547 g/mol. The van der Waals surface area contributed by atoms with E-state index in [4.69, 9.17) is 9.72 Å². The van der Waals surface area contributed by atoms with Gasteiger partial charge >= 0.3 is 5.91 Å². The van der Waals surface area contributed by atoms with Crippen LogP contribution in [-0.2, 0) is 16.2 Å². The molecule has 1 aliphatic heterocycles. The first-order valence-electron chi connectivity index (χ1n) is 12.8. The Hall–Kier alpha value is -4.82. The Kier molecular flexibility index (Phi) is 6.61. The van der Waals surface area contributed by atoms with Gasteiger partial charge in [-0.25, -0.2) is 4.98 Å². The molecule has 1 saturated heterocycles. The average molecular weight is 548 g/mol. The van der Waals surface area contributed by atoms with Crippen LogP contribution >= 0.6 is 11.3 Å². The molecule has 1 unspecified atom stereocenters. The predicted molar refractivity (Wildman–Crippen MR) is 155 cm³/mol. The molecule has 1 aliphatic rings. The number of thiazole rings is 1. The van der Waals surface area contributed by atoms with E-state index >= 15 is 0 Å². The molecule has 40 heavy (non-hydrogen) atoms. The molecule has 2 aromatic heterocycles. The lowest BCUT2D eigenvalue weighted by Crippen LogP contribution is -2.29. The Labute approximate surface area is 235 Å². The first-order valence-corrected chi connectivity index (χ1v) is 13.6. The third-order valence-corrected chi connectivity index (χ3v) is 7.87. The number of ketones is 1. The zero-order valence-electron chi connectivity index (χ0n) is 21.9. The summed E-state index contributed by atoms with van der Waals surface area (Å²) in [6.07, 6.45) is 3.05. The van der Waals surface area contributed by atoms with E-state index in [1.807, 2.05) is 68.4 Å². The molecule has 6 rings (SSSR count). The van der Waals surface area contributed by atoms with Gasteiger partial charge in [-0.05, 0) is 66.4 Å². The number of hydrogen-bond acceptors (Lipinski definition) is 7. The number of fused-ring (bicyclic) bond motifs is 1.